The molecule has 3 rings (SSSR count). The zero-order valence-electron chi connectivity index (χ0n) is 9.82. The van der Waals surface area contributed by atoms with Crippen LogP contribution in [0.3, 0.4) is 0 Å². The van der Waals surface area contributed by atoms with Crippen molar-refractivity contribution < 1.29 is 5.11 Å². The van der Waals surface area contributed by atoms with Gasteiger partial charge in [0.1, 0.15) is 0 Å². The van der Waals surface area contributed by atoms with Gasteiger partial charge in [-0.15, -0.1) is 0 Å². The smallest absolute Gasteiger partial charge is 0.0664 e. The van der Waals surface area contributed by atoms with Crippen molar-refractivity contribution in [2.45, 2.75) is 31.2 Å². The van der Waals surface area contributed by atoms with E-state index >= 15 is 0 Å². The summed E-state index contributed by atoms with van der Waals surface area (Å²) in [6.07, 6.45) is 4.98. The zero-order chi connectivity index (χ0) is 11.9. The fourth-order valence-corrected chi connectivity index (χ4v) is 3.78. The number of aliphatic hydroxyl groups is 1. The second kappa shape index (κ2) is 4.18. The van der Waals surface area contributed by atoms with Gasteiger partial charge in [-0.3, -0.25) is 0 Å². The summed E-state index contributed by atoms with van der Waals surface area (Å²) in [6.45, 7) is 0.233. The number of aliphatic hydroxyl groups excluding tert-OH is 1. The molecule has 2 bridgehead atoms. The highest BCUT2D eigenvalue weighted by Crippen LogP contribution is 2.51. The van der Waals surface area contributed by atoms with Gasteiger partial charge in [-0.25, -0.2) is 0 Å². The van der Waals surface area contributed by atoms with E-state index in [0.717, 1.165) is 23.0 Å². The summed E-state index contributed by atoms with van der Waals surface area (Å²) in [7, 11) is 0. The van der Waals surface area contributed by atoms with Crippen LogP contribution in [0.5, 0.6) is 0 Å². The molecule has 0 saturated heterocycles. The monoisotopic (exact) mass is 251 g/mol. The Hall–Kier alpha value is -0.730. The summed E-state index contributed by atoms with van der Waals surface area (Å²) in [5.74, 6) is 1.44. The van der Waals surface area contributed by atoms with Crippen LogP contribution in [0.4, 0.5) is 5.69 Å². The Morgan fingerprint density at radius 3 is 2.59 bits per heavy atom. The molecular weight excluding hydrogens is 234 g/mol. The second-order valence-corrected chi connectivity index (χ2v) is 5.96. The Kier molecular flexibility index (Phi) is 2.80. The van der Waals surface area contributed by atoms with Gasteiger partial charge < -0.3 is 10.4 Å². The minimum Gasteiger partial charge on any atom is -0.394 e. The summed E-state index contributed by atoms with van der Waals surface area (Å²) >= 11 is 5.88. The van der Waals surface area contributed by atoms with Gasteiger partial charge in [-0.2, -0.15) is 0 Å². The maximum Gasteiger partial charge on any atom is 0.0664 e. The van der Waals surface area contributed by atoms with Crippen LogP contribution in [-0.4, -0.2) is 17.3 Å². The average Bonchev–Trinajstić information content (AvgIpc) is 2.93. The van der Waals surface area contributed by atoms with Crippen molar-refractivity contribution in [1.29, 1.82) is 0 Å². The molecule has 2 aliphatic carbocycles. The van der Waals surface area contributed by atoms with E-state index in [-0.39, 0.29) is 12.1 Å². The Morgan fingerprint density at radius 1 is 1.29 bits per heavy atom. The third-order valence-corrected chi connectivity index (χ3v) is 4.75. The normalized spacial score (nSPS) is 35.2. The molecule has 0 amide bonds. The second-order valence-electron chi connectivity index (χ2n) is 5.53. The Morgan fingerprint density at radius 2 is 2.06 bits per heavy atom. The molecule has 3 atom stereocenters. The van der Waals surface area contributed by atoms with Crippen LogP contribution < -0.4 is 5.32 Å². The average molecular weight is 252 g/mol. The lowest BCUT2D eigenvalue weighted by Gasteiger charge is -2.38. The molecule has 2 N–H and O–H groups in total. The molecular formula is C14H18ClNO. The van der Waals surface area contributed by atoms with E-state index in [4.69, 9.17) is 11.6 Å². The Labute approximate surface area is 107 Å². The van der Waals surface area contributed by atoms with Crippen LogP contribution in [0.2, 0.25) is 5.02 Å². The van der Waals surface area contributed by atoms with Gasteiger partial charge in [0, 0.05) is 10.7 Å². The molecule has 0 radical (unpaired) electrons. The number of halogens is 1. The third kappa shape index (κ3) is 1.94. The highest BCUT2D eigenvalue weighted by molar-refractivity contribution is 6.30. The molecule has 3 unspecified atom stereocenters. The SMILES string of the molecule is OCC1(Nc2ccc(Cl)cc2)CC2CCC1C2. The maximum atomic E-state index is 9.77. The topological polar surface area (TPSA) is 32.3 Å². The van der Waals surface area contributed by atoms with Crippen molar-refractivity contribution in [2.75, 3.05) is 11.9 Å². The molecule has 0 spiro atoms. The number of fused-ring (bicyclic) bond motifs is 2. The molecule has 92 valence electrons. The first-order chi connectivity index (χ1) is 8.22. The van der Waals surface area contributed by atoms with Crippen molar-refractivity contribution in [1.82, 2.24) is 0 Å². The van der Waals surface area contributed by atoms with Crippen molar-refractivity contribution in [3.8, 4) is 0 Å². The number of benzene rings is 1. The fraction of sp³-hybridized carbons (Fsp3) is 0.571. The molecule has 0 heterocycles. The van der Waals surface area contributed by atoms with Crippen LogP contribution in [0.25, 0.3) is 0 Å². The first kappa shape index (κ1) is 11.4. The van der Waals surface area contributed by atoms with E-state index in [1.54, 1.807) is 0 Å². The van der Waals surface area contributed by atoms with Crippen LogP contribution in [-0.2, 0) is 0 Å². The molecule has 0 aromatic heterocycles. The third-order valence-electron chi connectivity index (χ3n) is 4.50. The zero-order valence-corrected chi connectivity index (χ0v) is 10.6. The van der Waals surface area contributed by atoms with Gasteiger partial charge >= 0.3 is 0 Å². The van der Waals surface area contributed by atoms with E-state index in [1.807, 2.05) is 24.3 Å². The van der Waals surface area contributed by atoms with Gasteiger partial charge in [-0.05, 0) is 61.8 Å². The van der Waals surface area contributed by atoms with Gasteiger partial charge in [0.05, 0.1) is 12.1 Å². The van der Waals surface area contributed by atoms with Crippen LogP contribution in [0.1, 0.15) is 25.7 Å². The number of hydrogen-bond acceptors (Lipinski definition) is 2. The van der Waals surface area contributed by atoms with Gasteiger partial charge in [0.15, 0.2) is 0 Å². The molecule has 2 aliphatic rings. The Bertz CT molecular complexity index is 405. The largest absolute Gasteiger partial charge is 0.394 e. The molecule has 1 aromatic rings. The number of hydrogen-bond donors (Lipinski definition) is 2. The van der Waals surface area contributed by atoms with E-state index in [2.05, 4.69) is 5.32 Å². The van der Waals surface area contributed by atoms with Crippen molar-refractivity contribution in [3.63, 3.8) is 0 Å². The standard InChI is InChI=1S/C14H18ClNO/c15-12-3-5-13(6-4-12)16-14(9-17)8-10-1-2-11(14)7-10/h3-6,10-11,16-17H,1-2,7-9H2. The highest BCUT2D eigenvalue weighted by atomic mass is 35.5. The summed E-state index contributed by atoms with van der Waals surface area (Å²) in [5.41, 5.74) is 0.979. The number of anilines is 1. The number of nitrogens with one attached hydrogen (secondary N) is 1. The minimum atomic E-state index is -0.0866. The Balaban J connectivity index is 1.80. The minimum absolute atomic E-state index is 0.0866. The molecule has 3 heteroatoms. The van der Waals surface area contributed by atoms with Crippen LogP contribution in [0, 0.1) is 11.8 Å². The quantitative estimate of drug-likeness (QED) is 0.864. The predicted octanol–water partition coefficient (Wildman–Crippen LogP) is 3.30. The van der Waals surface area contributed by atoms with E-state index in [0.29, 0.717) is 5.92 Å². The maximum absolute atomic E-state index is 9.77. The lowest BCUT2D eigenvalue weighted by atomic mass is 9.81. The first-order valence-electron chi connectivity index (χ1n) is 6.36. The number of rotatable bonds is 3. The summed E-state index contributed by atoms with van der Waals surface area (Å²) in [4.78, 5) is 0. The van der Waals surface area contributed by atoms with Crippen LogP contribution >= 0.6 is 11.6 Å². The molecule has 0 aliphatic heterocycles. The van der Waals surface area contributed by atoms with Crippen molar-refractivity contribution in [3.05, 3.63) is 29.3 Å². The molecule has 1 aromatic carbocycles. The lowest BCUT2D eigenvalue weighted by molar-refractivity contribution is 0.159. The predicted molar refractivity (Wildman–Crippen MR) is 70.3 cm³/mol. The van der Waals surface area contributed by atoms with Crippen LogP contribution in [0.15, 0.2) is 24.3 Å². The molecule has 17 heavy (non-hydrogen) atoms. The highest BCUT2D eigenvalue weighted by Gasteiger charge is 2.50. The van der Waals surface area contributed by atoms with Crippen molar-refractivity contribution in [2.24, 2.45) is 11.8 Å². The molecule has 2 saturated carbocycles. The summed E-state index contributed by atoms with van der Waals surface area (Å²) in [6, 6.07) is 7.77. The van der Waals surface area contributed by atoms with Gasteiger partial charge in [0.25, 0.3) is 0 Å². The summed E-state index contributed by atoms with van der Waals surface area (Å²) < 4.78 is 0. The fourth-order valence-electron chi connectivity index (χ4n) is 3.65. The van der Waals surface area contributed by atoms with E-state index in [9.17, 15) is 5.11 Å². The van der Waals surface area contributed by atoms with Crippen molar-refractivity contribution >= 4 is 17.3 Å². The van der Waals surface area contributed by atoms with E-state index < -0.39 is 0 Å². The van der Waals surface area contributed by atoms with E-state index in [1.165, 1.54) is 19.3 Å². The first-order valence-corrected chi connectivity index (χ1v) is 6.74. The summed E-state index contributed by atoms with van der Waals surface area (Å²) in [5, 5.41) is 14.1. The molecule has 2 fully saturated rings. The van der Waals surface area contributed by atoms with Gasteiger partial charge in [-0.1, -0.05) is 11.6 Å². The molecule has 2 nitrogen and oxygen atoms in total. The van der Waals surface area contributed by atoms with Gasteiger partial charge in [0.2, 0.25) is 0 Å². The lowest BCUT2D eigenvalue weighted by Crippen LogP contribution is -2.46.